The van der Waals surface area contributed by atoms with Crippen LogP contribution in [0.1, 0.15) is 34.1 Å². The second kappa shape index (κ2) is 4.90. The number of ether oxygens (including phenoxy) is 5. The van der Waals surface area contributed by atoms with Crippen LogP contribution in [0.5, 0.6) is 0 Å². The van der Waals surface area contributed by atoms with Crippen LogP contribution in [0.4, 0.5) is 0 Å². The van der Waals surface area contributed by atoms with Gasteiger partial charge < -0.3 is 29.4 Å². The first-order valence-corrected chi connectivity index (χ1v) is 7.30. The van der Waals surface area contributed by atoms with Crippen LogP contribution in [0.25, 0.3) is 0 Å². The summed E-state index contributed by atoms with van der Waals surface area (Å²) in [7, 11) is 0. The number of rotatable bonds is 3. The fourth-order valence-electron chi connectivity index (χ4n) is 3.21. The van der Waals surface area contributed by atoms with Crippen molar-refractivity contribution in [2.75, 3.05) is 13.2 Å². The summed E-state index contributed by atoms with van der Waals surface area (Å²) in [6.45, 7) is 8.68. The van der Waals surface area contributed by atoms with Gasteiger partial charge in [-0.2, -0.15) is 0 Å². The molecule has 3 fully saturated rings. The van der Waals surface area contributed by atoms with Crippen LogP contribution in [0.3, 0.4) is 0 Å². The molecule has 2 aliphatic heterocycles. The molecule has 0 aromatic heterocycles. The zero-order chi connectivity index (χ0) is 14.5. The number of fused-ring (bicyclic) bond motifs is 1. The van der Waals surface area contributed by atoms with Gasteiger partial charge in [-0.3, -0.25) is 0 Å². The summed E-state index contributed by atoms with van der Waals surface area (Å²) in [5.74, 6) is -1.10. The van der Waals surface area contributed by atoms with Gasteiger partial charge in [-0.15, -0.1) is 0 Å². The number of hydrogen-bond acceptors (Lipinski definition) is 6. The minimum Gasteiger partial charge on any atom is -0.373 e. The molecule has 0 spiro atoms. The molecule has 0 aromatic rings. The van der Waals surface area contributed by atoms with E-state index in [1.807, 2.05) is 27.7 Å². The molecule has 3 rings (SSSR count). The van der Waals surface area contributed by atoms with Gasteiger partial charge in [0.2, 0.25) is 0 Å². The highest BCUT2D eigenvalue weighted by atomic mass is 16.8. The number of hydrogen-bond donors (Lipinski definition) is 1. The van der Waals surface area contributed by atoms with Crippen molar-refractivity contribution in [2.45, 2.75) is 76.1 Å². The van der Waals surface area contributed by atoms with Crippen molar-refractivity contribution < 1.29 is 23.7 Å². The second-order valence-electron chi connectivity index (χ2n) is 6.79. The predicted molar refractivity (Wildman–Crippen MR) is 71.1 cm³/mol. The largest absolute Gasteiger partial charge is 0.373 e. The first-order valence-electron chi connectivity index (χ1n) is 7.30. The van der Waals surface area contributed by atoms with Gasteiger partial charge >= 0.3 is 0 Å². The topological polar surface area (TPSA) is 72.2 Å². The molecule has 2 saturated heterocycles. The van der Waals surface area contributed by atoms with Crippen molar-refractivity contribution in [1.82, 2.24) is 0 Å². The Morgan fingerprint density at radius 1 is 1.05 bits per heavy atom. The molecule has 1 saturated carbocycles. The Morgan fingerprint density at radius 3 is 2.40 bits per heavy atom. The van der Waals surface area contributed by atoms with E-state index in [2.05, 4.69) is 0 Å². The maximum atomic E-state index is 6.12. The lowest BCUT2D eigenvalue weighted by molar-refractivity contribution is -0.174. The van der Waals surface area contributed by atoms with Gasteiger partial charge in [0, 0.05) is 6.04 Å². The molecule has 2 heterocycles. The van der Waals surface area contributed by atoms with Crippen LogP contribution < -0.4 is 5.73 Å². The van der Waals surface area contributed by atoms with E-state index in [4.69, 9.17) is 29.4 Å². The van der Waals surface area contributed by atoms with Gasteiger partial charge in [-0.1, -0.05) is 0 Å². The maximum absolute atomic E-state index is 6.12. The molecule has 0 aromatic carbocycles. The van der Waals surface area contributed by atoms with Crippen LogP contribution >= 0.6 is 0 Å². The van der Waals surface area contributed by atoms with E-state index >= 15 is 0 Å². The smallest absolute Gasteiger partial charge is 0.163 e. The molecular formula is C14H25NO5. The summed E-state index contributed by atoms with van der Waals surface area (Å²) in [5, 5.41) is 0. The SMILES string of the molecule is CC1(C)OCC(CO[C@H]2C[C@@H](N)[C@@H]3OC(C)(C)O[C@@H]32)O1. The van der Waals surface area contributed by atoms with Gasteiger partial charge in [-0.05, 0) is 34.1 Å². The zero-order valence-electron chi connectivity index (χ0n) is 12.6. The summed E-state index contributed by atoms with van der Waals surface area (Å²) in [4.78, 5) is 0. The lowest BCUT2D eigenvalue weighted by Gasteiger charge is -2.23. The Bertz CT molecular complexity index is 373. The molecule has 2 N–H and O–H groups in total. The molecular weight excluding hydrogens is 262 g/mol. The summed E-state index contributed by atoms with van der Waals surface area (Å²) in [5.41, 5.74) is 6.12. The van der Waals surface area contributed by atoms with Crippen molar-refractivity contribution in [2.24, 2.45) is 5.73 Å². The van der Waals surface area contributed by atoms with E-state index in [1.165, 1.54) is 0 Å². The van der Waals surface area contributed by atoms with Crippen molar-refractivity contribution in [1.29, 1.82) is 0 Å². The van der Waals surface area contributed by atoms with E-state index < -0.39 is 11.6 Å². The average Bonchev–Trinajstić information content (AvgIpc) is 2.91. The molecule has 5 atom stereocenters. The standard InChI is InChI=1S/C14H25NO5/c1-13(2)17-7-8(18-13)6-16-10-5-9(15)11-12(10)20-14(3,4)19-11/h8-12H,5-7,15H2,1-4H3/t8?,9-,10+,11+,12-/m1/s1. The van der Waals surface area contributed by atoms with Gasteiger partial charge in [0.05, 0.1) is 19.3 Å². The van der Waals surface area contributed by atoms with Crippen LogP contribution in [0.2, 0.25) is 0 Å². The van der Waals surface area contributed by atoms with Crippen LogP contribution in [0, 0.1) is 0 Å². The van der Waals surface area contributed by atoms with Crippen molar-refractivity contribution in [3.05, 3.63) is 0 Å². The van der Waals surface area contributed by atoms with Crippen molar-refractivity contribution in [3.63, 3.8) is 0 Å². The Labute approximate surface area is 119 Å². The predicted octanol–water partition coefficient (Wildman–Crippen LogP) is 0.774. The first-order chi connectivity index (χ1) is 9.26. The van der Waals surface area contributed by atoms with E-state index in [-0.39, 0.29) is 30.5 Å². The molecule has 0 bridgehead atoms. The van der Waals surface area contributed by atoms with Gasteiger partial charge in [0.25, 0.3) is 0 Å². The zero-order valence-corrected chi connectivity index (χ0v) is 12.6. The molecule has 1 unspecified atom stereocenters. The lowest BCUT2D eigenvalue weighted by atomic mass is 10.2. The second-order valence-corrected chi connectivity index (χ2v) is 6.79. The monoisotopic (exact) mass is 287 g/mol. The fourth-order valence-corrected chi connectivity index (χ4v) is 3.21. The third-order valence-corrected chi connectivity index (χ3v) is 4.02. The van der Waals surface area contributed by atoms with E-state index in [1.54, 1.807) is 0 Å². The molecule has 0 amide bonds. The minimum atomic E-state index is -0.579. The normalized spacial score (nSPS) is 45.8. The molecule has 3 aliphatic rings. The molecule has 0 radical (unpaired) electrons. The molecule has 6 heteroatoms. The number of nitrogens with two attached hydrogens (primary N) is 1. The van der Waals surface area contributed by atoms with E-state index in [0.717, 1.165) is 6.42 Å². The van der Waals surface area contributed by atoms with Crippen LogP contribution in [-0.2, 0) is 23.7 Å². The first kappa shape index (κ1) is 14.7. The highest BCUT2D eigenvalue weighted by molar-refractivity contribution is 5.01. The molecule has 116 valence electrons. The Hall–Kier alpha value is -0.240. The quantitative estimate of drug-likeness (QED) is 0.827. The Kier molecular flexibility index (Phi) is 3.60. The average molecular weight is 287 g/mol. The third-order valence-electron chi connectivity index (χ3n) is 4.02. The fraction of sp³-hybridized carbons (Fsp3) is 1.00. The van der Waals surface area contributed by atoms with E-state index in [9.17, 15) is 0 Å². The summed E-state index contributed by atoms with van der Waals surface area (Å²) < 4.78 is 29.0. The summed E-state index contributed by atoms with van der Waals surface area (Å²) in [6.07, 6.45) is 0.518. The highest BCUT2D eigenvalue weighted by Gasteiger charge is 2.53. The summed E-state index contributed by atoms with van der Waals surface area (Å²) in [6, 6.07) is -0.0380. The maximum Gasteiger partial charge on any atom is 0.163 e. The van der Waals surface area contributed by atoms with Gasteiger partial charge in [0.15, 0.2) is 11.6 Å². The van der Waals surface area contributed by atoms with Crippen LogP contribution in [0.15, 0.2) is 0 Å². The van der Waals surface area contributed by atoms with Gasteiger partial charge in [0.1, 0.15) is 18.3 Å². The third kappa shape index (κ3) is 2.86. The van der Waals surface area contributed by atoms with Crippen molar-refractivity contribution in [3.8, 4) is 0 Å². The summed E-state index contributed by atoms with van der Waals surface area (Å²) >= 11 is 0. The molecule has 1 aliphatic carbocycles. The van der Waals surface area contributed by atoms with Crippen molar-refractivity contribution >= 4 is 0 Å². The van der Waals surface area contributed by atoms with Gasteiger partial charge in [-0.25, -0.2) is 0 Å². The van der Waals surface area contributed by atoms with E-state index in [0.29, 0.717) is 13.2 Å². The Morgan fingerprint density at radius 2 is 1.75 bits per heavy atom. The minimum absolute atomic E-state index is 0.0318. The lowest BCUT2D eigenvalue weighted by Crippen LogP contribution is -2.35. The Balaban J connectivity index is 1.54. The molecule has 6 nitrogen and oxygen atoms in total. The molecule has 20 heavy (non-hydrogen) atoms. The highest BCUT2D eigenvalue weighted by Crippen LogP contribution is 2.39. The van der Waals surface area contributed by atoms with Crippen LogP contribution in [-0.4, -0.2) is 55.2 Å².